The molecule has 6 heteroatoms. The minimum absolute atomic E-state index is 0.0186. The highest BCUT2D eigenvalue weighted by Gasteiger charge is 2.06. The fourth-order valence-corrected chi connectivity index (χ4v) is 1.78. The number of rotatable bonds is 3. The summed E-state index contributed by atoms with van der Waals surface area (Å²) in [6, 6.07) is 9.27. The van der Waals surface area contributed by atoms with Gasteiger partial charge in [-0.25, -0.2) is 9.59 Å². The van der Waals surface area contributed by atoms with Crippen LogP contribution in [0.15, 0.2) is 41.8 Å². The number of hydrogen-bond acceptors (Lipinski definition) is 4. The maximum Gasteiger partial charge on any atom is 0.335 e. The molecule has 2 rings (SSSR count). The van der Waals surface area contributed by atoms with E-state index in [2.05, 4.69) is 5.32 Å². The summed E-state index contributed by atoms with van der Waals surface area (Å²) in [6.45, 7) is 0. The number of anilines is 1. The Morgan fingerprint density at radius 1 is 1.05 bits per heavy atom. The topological polar surface area (TPSA) is 86.6 Å². The molecule has 0 amide bonds. The maximum absolute atomic E-state index is 10.4. The minimum Gasteiger partial charge on any atom is -0.478 e. The van der Waals surface area contributed by atoms with Crippen molar-refractivity contribution in [1.29, 1.82) is 0 Å². The molecular formula is C13H13NO4S. The van der Waals surface area contributed by atoms with Crippen LogP contribution in [0.3, 0.4) is 0 Å². The molecule has 0 radical (unpaired) electrons. The number of aromatic carboxylic acids is 2. The standard InChI is InChI=1S/C8H6O4.C5H7NS/c9-7(10)5-2-1-3-6(4-5)8(11)12;1-6-5-3-2-4-7-5/h1-4H,(H,9,10)(H,11,12);2-4,6H,1H3. The predicted octanol–water partition coefficient (Wildman–Crippen LogP) is 2.87. The molecule has 0 fully saturated rings. The quantitative estimate of drug-likeness (QED) is 0.804. The summed E-state index contributed by atoms with van der Waals surface area (Å²) in [5.74, 6) is -2.25. The summed E-state index contributed by atoms with van der Waals surface area (Å²) in [7, 11) is 1.92. The molecule has 1 aromatic heterocycles. The highest BCUT2D eigenvalue weighted by molar-refractivity contribution is 7.14. The Hall–Kier alpha value is -2.34. The highest BCUT2D eigenvalue weighted by Crippen LogP contribution is 2.12. The van der Waals surface area contributed by atoms with Gasteiger partial charge in [0.05, 0.1) is 16.1 Å². The second-order valence-electron chi connectivity index (χ2n) is 3.42. The summed E-state index contributed by atoms with van der Waals surface area (Å²) in [5.41, 5.74) is -0.0372. The number of carboxylic acids is 2. The zero-order valence-corrected chi connectivity index (χ0v) is 11.0. The van der Waals surface area contributed by atoms with E-state index in [1.54, 1.807) is 11.3 Å². The summed E-state index contributed by atoms with van der Waals surface area (Å²) in [5, 5.41) is 23.3. The number of benzene rings is 1. The molecule has 19 heavy (non-hydrogen) atoms. The first kappa shape index (κ1) is 14.7. The van der Waals surface area contributed by atoms with Gasteiger partial charge in [-0.3, -0.25) is 0 Å². The van der Waals surface area contributed by atoms with Crippen LogP contribution in [0.1, 0.15) is 20.7 Å². The average molecular weight is 279 g/mol. The van der Waals surface area contributed by atoms with Gasteiger partial charge in [-0.2, -0.15) is 0 Å². The molecule has 0 spiro atoms. The second kappa shape index (κ2) is 7.17. The summed E-state index contributed by atoms with van der Waals surface area (Å²) < 4.78 is 0. The van der Waals surface area contributed by atoms with Crippen molar-refractivity contribution in [2.24, 2.45) is 0 Å². The Morgan fingerprint density at radius 3 is 1.95 bits per heavy atom. The van der Waals surface area contributed by atoms with E-state index in [1.165, 1.54) is 23.2 Å². The Morgan fingerprint density at radius 2 is 1.63 bits per heavy atom. The molecular weight excluding hydrogens is 266 g/mol. The Kier molecular flexibility index (Phi) is 5.56. The van der Waals surface area contributed by atoms with E-state index < -0.39 is 11.9 Å². The first-order chi connectivity index (χ1) is 9.04. The molecule has 0 saturated heterocycles. The van der Waals surface area contributed by atoms with E-state index in [4.69, 9.17) is 10.2 Å². The normalized spacial score (nSPS) is 9.11. The lowest BCUT2D eigenvalue weighted by molar-refractivity contribution is 0.0696. The van der Waals surface area contributed by atoms with Gasteiger partial charge in [0, 0.05) is 7.05 Å². The van der Waals surface area contributed by atoms with Crippen LogP contribution in [0, 0.1) is 0 Å². The Labute approximate surface area is 114 Å². The molecule has 0 aliphatic rings. The van der Waals surface area contributed by atoms with Gasteiger partial charge in [0.25, 0.3) is 0 Å². The average Bonchev–Trinajstić information content (AvgIpc) is 2.92. The van der Waals surface area contributed by atoms with Crippen molar-refractivity contribution in [3.8, 4) is 0 Å². The van der Waals surface area contributed by atoms with Crippen molar-refractivity contribution < 1.29 is 19.8 Å². The van der Waals surface area contributed by atoms with Crippen molar-refractivity contribution in [2.45, 2.75) is 0 Å². The van der Waals surface area contributed by atoms with Crippen LogP contribution in [0.2, 0.25) is 0 Å². The monoisotopic (exact) mass is 279 g/mol. The van der Waals surface area contributed by atoms with Crippen LogP contribution in [-0.4, -0.2) is 29.2 Å². The SMILES string of the molecule is CNc1cccs1.O=C(O)c1cccc(C(=O)O)c1. The summed E-state index contributed by atoms with van der Waals surface area (Å²) in [4.78, 5) is 20.8. The predicted molar refractivity (Wildman–Crippen MR) is 74.2 cm³/mol. The molecule has 100 valence electrons. The van der Waals surface area contributed by atoms with Crippen LogP contribution in [0.5, 0.6) is 0 Å². The lowest BCUT2D eigenvalue weighted by atomic mass is 10.1. The van der Waals surface area contributed by atoms with Crippen LogP contribution in [0.25, 0.3) is 0 Å². The van der Waals surface area contributed by atoms with Crippen molar-refractivity contribution in [3.63, 3.8) is 0 Å². The number of hydrogen-bond donors (Lipinski definition) is 3. The molecule has 5 nitrogen and oxygen atoms in total. The third-order valence-corrected chi connectivity index (χ3v) is 3.01. The maximum atomic E-state index is 10.4. The van der Waals surface area contributed by atoms with Crippen molar-refractivity contribution in [1.82, 2.24) is 0 Å². The molecule has 0 bridgehead atoms. The third kappa shape index (κ3) is 4.81. The van der Waals surface area contributed by atoms with Gasteiger partial charge in [0.2, 0.25) is 0 Å². The van der Waals surface area contributed by atoms with E-state index in [-0.39, 0.29) is 11.1 Å². The molecule has 0 atom stereocenters. The van der Waals surface area contributed by atoms with Crippen LogP contribution >= 0.6 is 11.3 Å². The van der Waals surface area contributed by atoms with E-state index in [9.17, 15) is 9.59 Å². The smallest absolute Gasteiger partial charge is 0.335 e. The fourth-order valence-electron chi connectivity index (χ4n) is 1.21. The van der Waals surface area contributed by atoms with E-state index in [0.29, 0.717) is 0 Å². The molecule has 1 heterocycles. The van der Waals surface area contributed by atoms with E-state index >= 15 is 0 Å². The second-order valence-corrected chi connectivity index (χ2v) is 4.37. The van der Waals surface area contributed by atoms with Crippen molar-refractivity contribution >= 4 is 28.3 Å². The number of nitrogens with one attached hydrogen (secondary N) is 1. The van der Waals surface area contributed by atoms with Crippen LogP contribution < -0.4 is 5.32 Å². The lowest BCUT2D eigenvalue weighted by Gasteiger charge is -1.95. The van der Waals surface area contributed by atoms with Gasteiger partial charge < -0.3 is 15.5 Å². The number of carbonyl (C=O) groups is 2. The first-order valence-corrected chi connectivity index (χ1v) is 6.20. The summed E-state index contributed by atoms with van der Waals surface area (Å²) in [6.07, 6.45) is 0. The zero-order chi connectivity index (χ0) is 14.3. The highest BCUT2D eigenvalue weighted by atomic mass is 32.1. The lowest BCUT2D eigenvalue weighted by Crippen LogP contribution is -2.01. The molecule has 2 aromatic rings. The third-order valence-electron chi connectivity index (χ3n) is 2.12. The Bertz CT molecular complexity index is 522. The number of carboxylic acid groups (broad SMARTS) is 2. The first-order valence-electron chi connectivity index (χ1n) is 5.32. The van der Waals surface area contributed by atoms with Gasteiger partial charge in [0.1, 0.15) is 0 Å². The van der Waals surface area contributed by atoms with E-state index in [0.717, 1.165) is 6.07 Å². The summed E-state index contributed by atoms with van der Waals surface area (Å²) >= 11 is 1.71. The largest absolute Gasteiger partial charge is 0.478 e. The molecule has 0 unspecified atom stereocenters. The molecule has 3 N–H and O–H groups in total. The van der Waals surface area contributed by atoms with Crippen LogP contribution in [0.4, 0.5) is 5.00 Å². The van der Waals surface area contributed by atoms with Gasteiger partial charge in [0.15, 0.2) is 0 Å². The van der Waals surface area contributed by atoms with Gasteiger partial charge in [-0.05, 0) is 35.7 Å². The van der Waals surface area contributed by atoms with Crippen molar-refractivity contribution in [2.75, 3.05) is 12.4 Å². The minimum atomic E-state index is -1.13. The van der Waals surface area contributed by atoms with Crippen LogP contribution in [-0.2, 0) is 0 Å². The van der Waals surface area contributed by atoms with Gasteiger partial charge >= 0.3 is 11.9 Å². The van der Waals surface area contributed by atoms with Gasteiger partial charge in [-0.15, -0.1) is 11.3 Å². The molecule has 0 aliphatic carbocycles. The van der Waals surface area contributed by atoms with Gasteiger partial charge in [-0.1, -0.05) is 6.07 Å². The van der Waals surface area contributed by atoms with E-state index in [1.807, 2.05) is 24.6 Å². The molecule has 0 saturated carbocycles. The Balaban J connectivity index is 0.000000218. The zero-order valence-electron chi connectivity index (χ0n) is 10.2. The number of thiophene rings is 1. The molecule has 0 aliphatic heterocycles. The fraction of sp³-hybridized carbons (Fsp3) is 0.0769. The van der Waals surface area contributed by atoms with Crippen molar-refractivity contribution in [3.05, 3.63) is 52.9 Å². The molecule has 1 aromatic carbocycles.